The molecule has 0 saturated carbocycles. The van der Waals surface area contributed by atoms with Crippen molar-refractivity contribution in [1.29, 1.82) is 0 Å². The Kier molecular flexibility index (Phi) is 4.75. The number of piperidine rings is 2. The van der Waals surface area contributed by atoms with E-state index in [0.29, 0.717) is 30.0 Å². The molecule has 0 aliphatic carbocycles. The summed E-state index contributed by atoms with van der Waals surface area (Å²) in [6, 6.07) is 10.5. The van der Waals surface area contributed by atoms with Gasteiger partial charge in [0.05, 0.1) is 0 Å². The average molecular weight is 341 g/mol. The van der Waals surface area contributed by atoms with Gasteiger partial charge in [0, 0.05) is 25.2 Å². The largest absolute Gasteiger partial charge is 0.325 e. The molecule has 3 saturated heterocycles. The SMILES string of the molecule is CC(C)c1ccc([C@H]2C[C@H]3CC[C@@H](C2)N3C(=O)N2CCCCC2)cc1. The standard InChI is InChI=1S/C22H32N2O/c1-16(2)17-6-8-18(9-7-17)19-14-20-10-11-21(15-19)24(20)22(25)23-12-4-3-5-13-23/h6-9,16,19-21H,3-5,10-15H2,1-2H3/t19-,20+,21-. The van der Waals surface area contributed by atoms with Gasteiger partial charge in [-0.3, -0.25) is 0 Å². The van der Waals surface area contributed by atoms with E-state index in [0.717, 1.165) is 25.9 Å². The quantitative estimate of drug-likeness (QED) is 0.732. The number of carbonyl (C=O) groups is 1. The molecule has 2 amide bonds. The van der Waals surface area contributed by atoms with Gasteiger partial charge in [0.25, 0.3) is 0 Å². The Labute approximate surface area is 152 Å². The maximum atomic E-state index is 13.0. The van der Waals surface area contributed by atoms with Crippen LogP contribution >= 0.6 is 0 Å². The zero-order valence-electron chi connectivity index (χ0n) is 15.8. The summed E-state index contributed by atoms with van der Waals surface area (Å²) in [6.07, 6.45) is 8.34. The highest BCUT2D eigenvalue weighted by molar-refractivity contribution is 5.76. The van der Waals surface area contributed by atoms with E-state index in [4.69, 9.17) is 0 Å². The Morgan fingerprint density at radius 3 is 2.12 bits per heavy atom. The molecule has 0 radical (unpaired) electrons. The van der Waals surface area contributed by atoms with Crippen LogP contribution in [0.3, 0.4) is 0 Å². The second kappa shape index (κ2) is 7.01. The van der Waals surface area contributed by atoms with Crippen molar-refractivity contribution in [3.63, 3.8) is 0 Å². The van der Waals surface area contributed by atoms with E-state index in [9.17, 15) is 4.79 Å². The van der Waals surface area contributed by atoms with Crippen molar-refractivity contribution in [3.05, 3.63) is 35.4 Å². The van der Waals surface area contributed by atoms with Crippen LogP contribution in [0.4, 0.5) is 4.79 Å². The highest BCUT2D eigenvalue weighted by atomic mass is 16.2. The number of carbonyl (C=O) groups excluding carboxylic acids is 1. The first-order valence-electron chi connectivity index (χ1n) is 10.3. The summed E-state index contributed by atoms with van der Waals surface area (Å²) in [6.45, 7) is 6.43. The van der Waals surface area contributed by atoms with Crippen LogP contribution in [0.5, 0.6) is 0 Å². The van der Waals surface area contributed by atoms with E-state index < -0.39 is 0 Å². The van der Waals surface area contributed by atoms with Crippen LogP contribution in [0.1, 0.15) is 81.8 Å². The summed E-state index contributed by atoms with van der Waals surface area (Å²) in [7, 11) is 0. The number of rotatable bonds is 2. The molecule has 4 rings (SSSR count). The minimum atomic E-state index is 0.334. The predicted octanol–water partition coefficient (Wildman–Crippen LogP) is 5.13. The maximum absolute atomic E-state index is 13.0. The second-order valence-electron chi connectivity index (χ2n) is 8.61. The lowest BCUT2D eigenvalue weighted by molar-refractivity contribution is 0.0991. The molecule has 3 aliphatic heterocycles. The molecule has 1 aromatic rings. The fourth-order valence-electron chi connectivity index (χ4n) is 5.16. The van der Waals surface area contributed by atoms with Gasteiger partial charge in [0.15, 0.2) is 0 Å². The molecule has 0 aromatic heterocycles. The highest BCUT2D eigenvalue weighted by Gasteiger charge is 2.44. The molecule has 0 spiro atoms. The van der Waals surface area contributed by atoms with Crippen molar-refractivity contribution in [2.45, 2.75) is 82.7 Å². The van der Waals surface area contributed by atoms with Crippen LogP contribution in [0, 0.1) is 0 Å². The Morgan fingerprint density at radius 2 is 1.56 bits per heavy atom. The lowest BCUT2D eigenvalue weighted by atomic mass is 9.84. The van der Waals surface area contributed by atoms with Crippen LogP contribution in [-0.4, -0.2) is 41.0 Å². The Hall–Kier alpha value is -1.51. The van der Waals surface area contributed by atoms with Crippen LogP contribution in [0.2, 0.25) is 0 Å². The molecular formula is C22H32N2O. The number of hydrogen-bond donors (Lipinski definition) is 0. The number of amides is 2. The van der Waals surface area contributed by atoms with Gasteiger partial charge in [-0.15, -0.1) is 0 Å². The predicted molar refractivity (Wildman–Crippen MR) is 102 cm³/mol. The fourth-order valence-corrected chi connectivity index (χ4v) is 5.16. The van der Waals surface area contributed by atoms with E-state index in [1.54, 1.807) is 0 Å². The maximum Gasteiger partial charge on any atom is 0.320 e. The minimum absolute atomic E-state index is 0.334. The van der Waals surface area contributed by atoms with Gasteiger partial charge in [-0.1, -0.05) is 38.1 Å². The third kappa shape index (κ3) is 3.30. The van der Waals surface area contributed by atoms with Crippen molar-refractivity contribution < 1.29 is 4.79 Å². The Balaban J connectivity index is 1.45. The smallest absolute Gasteiger partial charge is 0.320 e. The van der Waals surface area contributed by atoms with Crippen molar-refractivity contribution in [2.75, 3.05) is 13.1 Å². The fraction of sp³-hybridized carbons (Fsp3) is 0.682. The van der Waals surface area contributed by atoms with Gasteiger partial charge >= 0.3 is 6.03 Å². The molecule has 3 heteroatoms. The lowest BCUT2D eigenvalue weighted by Crippen LogP contribution is -2.53. The first-order valence-corrected chi connectivity index (χ1v) is 10.3. The number of nitrogens with zero attached hydrogens (tertiary/aromatic N) is 2. The van der Waals surface area contributed by atoms with Crippen molar-refractivity contribution >= 4 is 6.03 Å². The number of benzene rings is 1. The Bertz CT molecular complexity index is 589. The molecule has 1 aromatic carbocycles. The minimum Gasteiger partial charge on any atom is -0.325 e. The van der Waals surface area contributed by atoms with Crippen molar-refractivity contribution in [1.82, 2.24) is 9.80 Å². The monoisotopic (exact) mass is 340 g/mol. The summed E-state index contributed by atoms with van der Waals surface area (Å²) >= 11 is 0. The molecule has 25 heavy (non-hydrogen) atoms. The van der Waals surface area contributed by atoms with E-state index in [1.165, 1.54) is 43.2 Å². The van der Waals surface area contributed by atoms with Crippen LogP contribution in [-0.2, 0) is 0 Å². The van der Waals surface area contributed by atoms with E-state index in [2.05, 4.69) is 47.9 Å². The highest BCUT2D eigenvalue weighted by Crippen LogP contribution is 2.43. The van der Waals surface area contributed by atoms with E-state index in [1.807, 2.05) is 0 Å². The first-order chi connectivity index (χ1) is 12.1. The molecular weight excluding hydrogens is 308 g/mol. The Morgan fingerprint density at radius 1 is 0.960 bits per heavy atom. The average Bonchev–Trinajstić information content (AvgIpc) is 2.91. The zero-order chi connectivity index (χ0) is 17.4. The van der Waals surface area contributed by atoms with Gasteiger partial charge in [-0.25, -0.2) is 4.79 Å². The summed E-state index contributed by atoms with van der Waals surface area (Å²) in [4.78, 5) is 17.4. The van der Waals surface area contributed by atoms with Gasteiger partial charge < -0.3 is 9.80 Å². The first kappa shape index (κ1) is 16.9. The number of likely N-dealkylation sites (tertiary alicyclic amines) is 1. The summed E-state index contributed by atoms with van der Waals surface area (Å²) in [5.41, 5.74) is 2.90. The van der Waals surface area contributed by atoms with Crippen molar-refractivity contribution in [3.8, 4) is 0 Å². The van der Waals surface area contributed by atoms with E-state index >= 15 is 0 Å². The van der Waals surface area contributed by atoms with Gasteiger partial charge in [0.2, 0.25) is 0 Å². The number of hydrogen-bond acceptors (Lipinski definition) is 1. The molecule has 3 aliphatic rings. The normalized spacial score (nSPS) is 29.3. The summed E-state index contributed by atoms with van der Waals surface area (Å²) in [5.74, 6) is 1.22. The second-order valence-corrected chi connectivity index (χ2v) is 8.61. The topological polar surface area (TPSA) is 23.6 Å². The summed E-state index contributed by atoms with van der Waals surface area (Å²) in [5, 5.41) is 0. The zero-order valence-corrected chi connectivity index (χ0v) is 15.8. The van der Waals surface area contributed by atoms with Gasteiger partial charge in [0.1, 0.15) is 0 Å². The third-order valence-corrected chi connectivity index (χ3v) is 6.66. The molecule has 3 nitrogen and oxygen atoms in total. The van der Waals surface area contributed by atoms with Crippen LogP contribution < -0.4 is 0 Å². The van der Waals surface area contributed by atoms with E-state index in [-0.39, 0.29) is 0 Å². The van der Waals surface area contributed by atoms with Crippen LogP contribution in [0.15, 0.2) is 24.3 Å². The van der Waals surface area contributed by atoms with Gasteiger partial charge in [-0.2, -0.15) is 0 Å². The number of urea groups is 1. The summed E-state index contributed by atoms with van der Waals surface area (Å²) < 4.78 is 0. The van der Waals surface area contributed by atoms with Gasteiger partial charge in [-0.05, 0) is 67.9 Å². The molecule has 3 atom stereocenters. The molecule has 3 heterocycles. The van der Waals surface area contributed by atoms with Crippen molar-refractivity contribution in [2.24, 2.45) is 0 Å². The molecule has 0 unspecified atom stereocenters. The molecule has 136 valence electrons. The molecule has 0 N–H and O–H groups in total. The molecule has 3 fully saturated rings. The van der Waals surface area contributed by atoms with Crippen LogP contribution in [0.25, 0.3) is 0 Å². The third-order valence-electron chi connectivity index (χ3n) is 6.66. The number of fused-ring (bicyclic) bond motifs is 2. The lowest BCUT2D eigenvalue weighted by Gasteiger charge is -2.42. The molecule has 2 bridgehead atoms.